The molecule has 0 saturated carbocycles. The molecule has 0 spiro atoms. The van der Waals surface area contributed by atoms with Gasteiger partial charge in [-0.15, -0.1) is 11.3 Å². The van der Waals surface area contributed by atoms with E-state index in [0.29, 0.717) is 17.9 Å². The molecule has 0 aliphatic heterocycles. The second-order valence-electron chi connectivity index (χ2n) is 5.47. The fraction of sp³-hybridized carbons (Fsp3) is 0.250. The predicted molar refractivity (Wildman–Crippen MR) is 94.0 cm³/mol. The molecule has 0 aliphatic carbocycles. The van der Waals surface area contributed by atoms with Gasteiger partial charge in [-0.05, 0) is 43.2 Å². The maximum absolute atomic E-state index is 12.3. The van der Waals surface area contributed by atoms with Crippen molar-refractivity contribution in [3.63, 3.8) is 0 Å². The first-order chi connectivity index (χ1) is 11.5. The molecule has 0 saturated heterocycles. The standard InChI is InChI=1S/C16H18N4O2S2/c1-12-4-5-15(10-13(12)2)24(21,22)18-8-6-14-11-23-16(19-14)20-9-3-7-17-20/h3-5,7,9-11,18H,6,8H2,1-2H3. The Labute approximate surface area is 145 Å². The summed E-state index contributed by atoms with van der Waals surface area (Å²) < 4.78 is 29.0. The average molecular weight is 362 g/mol. The molecule has 0 atom stereocenters. The van der Waals surface area contributed by atoms with Crippen LogP contribution in [0.15, 0.2) is 46.9 Å². The first-order valence-corrected chi connectivity index (χ1v) is 9.83. The third kappa shape index (κ3) is 3.72. The van der Waals surface area contributed by atoms with Crippen LogP contribution >= 0.6 is 11.3 Å². The van der Waals surface area contributed by atoms with E-state index in [1.54, 1.807) is 23.0 Å². The van der Waals surface area contributed by atoms with E-state index in [-0.39, 0.29) is 0 Å². The lowest BCUT2D eigenvalue weighted by molar-refractivity contribution is 0.581. The minimum absolute atomic E-state index is 0.293. The lowest BCUT2D eigenvalue weighted by atomic mass is 10.1. The summed E-state index contributed by atoms with van der Waals surface area (Å²) >= 11 is 1.48. The van der Waals surface area contributed by atoms with E-state index < -0.39 is 10.0 Å². The number of rotatable bonds is 6. The van der Waals surface area contributed by atoms with Crippen molar-refractivity contribution in [1.29, 1.82) is 0 Å². The molecule has 8 heteroatoms. The molecule has 0 bridgehead atoms. The van der Waals surface area contributed by atoms with E-state index >= 15 is 0 Å². The normalized spacial score (nSPS) is 11.8. The SMILES string of the molecule is Cc1ccc(S(=O)(=O)NCCc2csc(-n3cccn3)n2)cc1C. The Kier molecular flexibility index (Phi) is 4.79. The molecule has 0 amide bonds. The Bertz CT molecular complexity index is 931. The van der Waals surface area contributed by atoms with Crippen molar-refractivity contribution in [2.24, 2.45) is 0 Å². The highest BCUT2D eigenvalue weighted by atomic mass is 32.2. The van der Waals surface area contributed by atoms with Crippen LogP contribution in [0, 0.1) is 13.8 Å². The van der Waals surface area contributed by atoms with Crippen molar-refractivity contribution in [3.05, 3.63) is 58.9 Å². The third-order valence-electron chi connectivity index (χ3n) is 3.70. The topological polar surface area (TPSA) is 76.9 Å². The van der Waals surface area contributed by atoms with Gasteiger partial charge in [-0.1, -0.05) is 6.07 Å². The Balaban J connectivity index is 1.62. The van der Waals surface area contributed by atoms with E-state index in [0.717, 1.165) is 22.0 Å². The molecular weight excluding hydrogens is 344 g/mol. The van der Waals surface area contributed by atoms with E-state index in [1.807, 2.05) is 37.6 Å². The van der Waals surface area contributed by atoms with Crippen LogP contribution < -0.4 is 4.72 Å². The highest BCUT2D eigenvalue weighted by Crippen LogP contribution is 2.16. The molecule has 2 aromatic heterocycles. The second-order valence-corrected chi connectivity index (χ2v) is 8.07. The van der Waals surface area contributed by atoms with Crippen LogP contribution in [0.1, 0.15) is 16.8 Å². The van der Waals surface area contributed by atoms with Crippen molar-refractivity contribution in [2.45, 2.75) is 25.2 Å². The van der Waals surface area contributed by atoms with Crippen LogP contribution in [0.2, 0.25) is 0 Å². The van der Waals surface area contributed by atoms with Crippen molar-refractivity contribution in [2.75, 3.05) is 6.54 Å². The van der Waals surface area contributed by atoms with Gasteiger partial charge in [0.25, 0.3) is 0 Å². The summed E-state index contributed by atoms with van der Waals surface area (Å²) in [7, 11) is -3.50. The van der Waals surface area contributed by atoms with Crippen molar-refractivity contribution >= 4 is 21.4 Å². The van der Waals surface area contributed by atoms with E-state index in [2.05, 4.69) is 14.8 Å². The number of sulfonamides is 1. The van der Waals surface area contributed by atoms with E-state index in [9.17, 15) is 8.42 Å². The fourth-order valence-corrected chi connectivity index (χ4v) is 4.09. The number of thiazole rings is 1. The smallest absolute Gasteiger partial charge is 0.223 e. The van der Waals surface area contributed by atoms with E-state index in [1.165, 1.54) is 11.3 Å². The first kappa shape index (κ1) is 16.8. The first-order valence-electron chi connectivity index (χ1n) is 7.47. The summed E-state index contributed by atoms with van der Waals surface area (Å²) in [4.78, 5) is 4.75. The highest BCUT2D eigenvalue weighted by Gasteiger charge is 2.14. The molecular formula is C16H18N4O2S2. The number of aromatic nitrogens is 3. The minimum Gasteiger partial charge on any atom is -0.223 e. The van der Waals surface area contributed by atoms with Gasteiger partial charge in [0.05, 0.1) is 10.6 Å². The zero-order chi connectivity index (χ0) is 17.2. The lowest BCUT2D eigenvalue weighted by Crippen LogP contribution is -2.26. The Hall–Kier alpha value is -2.03. The molecule has 1 aromatic carbocycles. The molecule has 0 radical (unpaired) electrons. The quantitative estimate of drug-likeness (QED) is 0.731. The number of nitrogens with zero attached hydrogens (tertiary/aromatic N) is 3. The zero-order valence-electron chi connectivity index (χ0n) is 13.4. The average Bonchev–Trinajstić information content (AvgIpc) is 3.20. The van der Waals surface area contributed by atoms with Crippen LogP contribution in [-0.2, 0) is 16.4 Å². The summed E-state index contributed by atoms with van der Waals surface area (Å²) in [6, 6.07) is 6.97. The number of benzene rings is 1. The molecule has 6 nitrogen and oxygen atoms in total. The second kappa shape index (κ2) is 6.84. The third-order valence-corrected chi connectivity index (χ3v) is 6.04. The highest BCUT2D eigenvalue weighted by molar-refractivity contribution is 7.89. The fourth-order valence-electron chi connectivity index (χ4n) is 2.18. The molecule has 1 N–H and O–H groups in total. The minimum atomic E-state index is -3.50. The Morgan fingerprint density at radius 1 is 1.25 bits per heavy atom. The largest absolute Gasteiger partial charge is 0.240 e. The van der Waals surface area contributed by atoms with Crippen LogP contribution in [0.4, 0.5) is 0 Å². The van der Waals surface area contributed by atoms with E-state index in [4.69, 9.17) is 0 Å². The van der Waals surface area contributed by atoms with Crippen LogP contribution in [0.25, 0.3) is 5.13 Å². The molecule has 2 heterocycles. The van der Waals surface area contributed by atoms with Gasteiger partial charge in [0, 0.05) is 30.7 Å². The summed E-state index contributed by atoms with van der Waals surface area (Å²) in [5, 5.41) is 6.82. The molecule has 126 valence electrons. The molecule has 0 fully saturated rings. The number of nitrogens with one attached hydrogen (secondary N) is 1. The van der Waals surface area contributed by atoms with Crippen molar-refractivity contribution in [1.82, 2.24) is 19.5 Å². The van der Waals surface area contributed by atoms with Crippen LogP contribution in [0.3, 0.4) is 0 Å². The summed E-state index contributed by atoms with van der Waals surface area (Å²) in [5.74, 6) is 0. The summed E-state index contributed by atoms with van der Waals surface area (Å²) in [5.41, 5.74) is 2.87. The number of aryl methyl sites for hydroxylation is 2. The van der Waals surface area contributed by atoms with Gasteiger partial charge in [0.1, 0.15) is 0 Å². The van der Waals surface area contributed by atoms with Gasteiger partial charge in [-0.2, -0.15) is 5.10 Å². The zero-order valence-corrected chi connectivity index (χ0v) is 15.1. The Morgan fingerprint density at radius 2 is 2.08 bits per heavy atom. The Morgan fingerprint density at radius 3 is 2.79 bits per heavy atom. The van der Waals surface area contributed by atoms with Gasteiger partial charge in [0.2, 0.25) is 15.2 Å². The van der Waals surface area contributed by atoms with Gasteiger partial charge in [-0.25, -0.2) is 22.8 Å². The maximum atomic E-state index is 12.3. The lowest BCUT2D eigenvalue weighted by Gasteiger charge is -2.08. The number of hydrogen-bond donors (Lipinski definition) is 1. The molecule has 3 rings (SSSR count). The molecule has 0 aliphatic rings. The van der Waals surface area contributed by atoms with Crippen molar-refractivity contribution in [3.8, 4) is 5.13 Å². The van der Waals surface area contributed by atoms with Crippen LogP contribution in [0.5, 0.6) is 0 Å². The van der Waals surface area contributed by atoms with Gasteiger partial charge in [-0.3, -0.25) is 0 Å². The van der Waals surface area contributed by atoms with Gasteiger partial charge >= 0.3 is 0 Å². The monoisotopic (exact) mass is 362 g/mol. The van der Waals surface area contributed by atoms with Crippen molar-refractivity contribution < 1.29 is 8.42 Å². The van der Waals surface area contributed by atoms with Crippen LogP contribution in [-0.4, -0.2) is 29.7 Å². The molecule has 0 unspecified atom stereocenters. The maximum Gasteiger partial charge on any atom is 0.240 e. The molecule has 3 aromatic rings. The summed E-state index contributed by atoms with van der Waals surface area (Å²) in [6.07, 6.45) is 4.05. The number of hydrogen-bond acceptors (Lipinski definition) is 5. The molecule has 24 heavy (non-hydrogen) atoms. The van der Waals surface area contributed by atoms with Gasteiger partial charge in [0.15, 0.2) is 0 Å². The van der Waals surface area contributed by atoms with Gasteiger partial charge < -0.3 is 0 Å². The predicted octanol–water partition coefficient (Wildman–Crippen LogP) is 2.47. The summed E-state index contributed by atoms with van der Waals surface area (Å²) in [6.45, 7) is 4.16.